The fraction of sp³-hybridized carbons (Fsp3) is 0.176. The molecule has 0 atom stereocenters. The van der Waals surface area contributed by atoms with Crippen LogP contribution in [-0.2, 0) is 11.9 Å². The molecule has 0 unspecified atom stereocenters. The van der Waals surface area contributed by atoms with Gasteiger partial charge >= 0.3 is 11.6 Å². The summed E-state index contributed by atoms with van der Waals surface area (Å²) in [5.74, 6) is -0.371. The monoisotopic (exact) mass is 296 g/mol. The third-order valence-corrected chi connectivity index (χ3v) is 3.49. The van der Waals surface area contributed by atoms with Gasteiger partial charge in [0.1, 0.15) is 6.20 Å². The van der Waals surface area contributed by atoms with E-state index in [0.717, 1.165) is 16.9 Å². The summed E-state index contributed by atoms with van der Waals surface area (Å²) >= 11 is 0. The van der Waals surface area contributed by atoms with Gasteiger partial charge in [-0.15, -0.1) is 5.06 Å². The molecule has 0 aliphatic rings. The third-order valence-electron chi connectivity index (χ3n) is 3.49. The summed E-state index contributed by atoms with van der Waals surface area (Å²) in [5.41, 5.74) is 3.46. The quantitative estimate of drug-likeness (QED) is 0.548. The smallest absolute Gasteiger partial charge is 0.364 e. The second-order valence-corrected chi connectivity index (χ2v) is 5.28. The first-order valence-electron chi connectivity index (χ1n) is 7.02. The molecule has 2 heterocycles. The van der Waals surface area contributed by atoms with Gasteiger partial charge in [-0.3, -0.25) is 0 Å². The number of imidazole rings is 1. The molecule has 0 bridgehead atoms. The highest BCUT2D eigenvalue weighted by Crippen LogP contribution is 2.20. The van der Waals surface area contributed by atoms with Gasteiger partial charge in [0.2, 0.25) is 0 Å². The Balaban J connectivity index is 2.17. The summed E-state index contributed by atoms with van der Waals surface area (Å²) in [5, 5.41) is 1.40. The van der Waals surface area contributed by atoms with Gasteiger partial charge in [0.15, 0.2) is 11.3 Å². The number of aryl methyl sites for hydroxylation is 1. The van der Waals surface area contributed by atoms with E-state index in [4.69, 9.17) is 4.84 Å². The Kier molecular flexibility index (Phi) is 3.65. The zero-order valence-corrected chi connectivity index (χ0v) is 12.9. The highest BCUT2D eigenvalue weighted by atomic mass is 16.7. The standard InChI is InChI=1S/C17H18N3O2/c1-18(2)22-17(21)14-10-7-11-20-12-15(19(3)16(14)20)13-8-5-4-6-9-13/h4-12H,1-3H3/q+1. The number of hydroxylamine groups is 2. The number of fused-ring (bicyclic) bond motifs is 1. The van der Waals surface area contributed by atoms with Gasteiger partial charge in [-0.25, -0.2) is 13.8 Å². The maximum Gasteiger partial charge on any atom is 0.365 e. The molecule has 0 saturated carbocycles. The van der Waals surface area contributed by atoms with E-state index in [9.17, 15) is 4.79 Å². The van der Waals surface area contributed by atoms with Crippen molar-refractivity contribution in [1.82, 2.24) is 9.63 Å². The van der Waals surface area contributed by atoms with E-state index in [2.05, 4.69) is 0 Å². The lowest BCUT2D eigenvalue weighted by molar-refractivity contribution is -0.510. The molecule has 3 aromatic rings. The molecule has 5 heteroatoms. The van der Waals surface area contributed by atoms with Crippen LogP contribution in [0, 0.1) is 0 Å². The summed E-state index contributed by atoms with van der Waals surface area (Å²) < 4.78 is 3.94. The Morgan fingerprint density at radius 3 is 2.55 bits per heavy atom. The van der Waals surface area contributed by atoms with Crippen LogP contribution in [0.4, 0.5) is 0 Å². The first-order chi connectivity index (χ1) is 10.6. The first-order valence-corrected chi connectivity index (χ1v) is 7.02. The van der Waals surface area contributed by atoms with Crippen molar-refractivity contribution >= 4 is 11.6 Å². The van der Waals surface area contributed by atoms with E-state index in [-0.39, 0.29) is 5.97 Å². The Labute approximate surface area is 128 Å². The lowest BCUT2D eigenvalue weighted by Crippen LogP contribution is -2.25. The van der Waals surface area contributed by atoms with E-state index in [1.807, 2.05) is 64.8 Å². The largest absolute Gasteiger partial charge is 0.365 e. The van der Waals surface area contributed by atoms with Gasteiger partial charge < -0.3 is 4.84 Å². The zero-order chi connectivity index (χ0) is 15.7. The first kappa shape index (κ1) is 14.3. The molecular formula is C17H18N3O2+. The lowest BCUT2D eigenvalue weighted by Gasteiger charge is -2.09. The minimum absolute atomic E-state index is 0.371. The van der Waals surface area contributed by atoms with Crippen molar-refractivity contribution < 1.29 is 14.0 Å². The topological polar surface area (TPSA) is 38.6 Å². The molecule has 22 heavy (non-hydrogen) atoms. The number of rotatable bonds is 3. The average molecular weight is 296 g/mol. The number of hydrogen-bond acceptors (Lipinski definition) is 3. The van der Waals surface area contributed by atoms with Crippen LogP contribution < -0.4 is 4.40 Å². The summed E-state index contributed by atoms with van der Waals surface area (Å²) in [6.07, 6.45) is 3.94. The van der Waals surface area contributed by atoms with Crippen LogP contribution in [0.5, 0.6) is 0 Å². The lowest BCUT2D eigenvalue weighted by atomic mass is 10.2. The molecule has 0 spiro atoms. The fourth-order valence-electron chi connectivity index (χ4n) is 2.56. The number of hydrogen-bond donors (Lipinski definition) is 0. The van der Waals surface area contributed by atoms with E-state index in [1.165, 1.54) is 5.06 Å². The molecule has 5 nitrogen and oxygen atoms in total. The maximum absolute atomic E-state index is 12.3. The summed E-state index contributed by atoms with van der Waals surface area (Å²) in [7, 11) is 5.32. The fourth-order valence-corrected chi connectivity index (χ4v) is 2.56. The van der Waals surface area contributed by atoms with Crippen LogP contribution in [0.3, 0.4) is 0 Å². The highest BCUT2D eigenvalue weighted by Gasteiger charge is 2.24. The summed E-state index contributed by atoms with van der Waals surface area (Å²) in [6, 6.07) is 13.7. The van der Waals surface area contributed by atoms with Crippen LogP contribution in [0.15, 0.2) is 54.9 Å². The molecule has 0 fully saturated rings. The molecule has 0 aliphatic heterocycles. The van der Waals surface area contributed by atoms with Crippen LogP contribution in [0.25, 0.3) is 16.9 Å². The zero-order valence-electron chi connectivity index (χ0n) is 12.9. The van der Waals surface area contributed by atoms with Crippen LogP contribution in [-0.4, -0.2) is 29.7 Å². The SMILES string of the molecule is CN(C)OC(=O)c1ccc[n+]2cc(-c3ccccc3)n(C)c12. The number of carbonyl (C=O) groups is 1. The van der Waals surface area contributed by atoms with Gasteiger partial charge in [0, 0.05) is 19.7 Å². The Bertz CT molecular complexity index is 823. The van der Waals surface area contributed by atoms with Crippen LogP contribution in [0.1, 0.15) is 10.4 Å². The van der Waals surface area contributed by atoms with Crippen molar-refractivity contribution in [2.45, 2.75) is 0 Å². The minimum Gasteiger partial charge on any atom is -0.364 e. The second kappa shape index (κ2) is 5.61. The molecule has 0 saturated heterocycles. The van der Waals surface area contributed by atoms with Gasteiger partial charge in [-0.1, -0.05) is 30.3 Å². The number of nitrogens with zero attached hydrogens (tertiary/aromatic N) is 3. The molecule has 2 aromatic heterocycles. The predicted molar refractivity (Wildman–Crippen MR) is 83.1 cm³/mol. The number of benzene rings is 1. The molecule has 0 N–H and O–H groups in total. The average Bonchev–Trinajstić information content (AvgIpc) is 2.85. The van der Waals surface area contributed by atoms with E-state index >= 15 is 0 Å². The van der Waals surface area contributed by atoms with E-state index in [1.54, 1.807) is 20.2 Å². The molecule has 0 amide bonds. The summed E-state index contributed by atoms with van der Waals surface area (Å²) in [6.45, 7) is 0. The van der Waals surface area contributed by atoms with Gasteiger partial charge in [-0.2, -0.15) is 0 Å². The van der Waals surface area contributed by atoms with Crippen molar-refractivity contribution in [2.75, 3.05) is 14.1 Å². The Morgan fingerprint density at radius 1 is 1.14 bits per heavy atom. The van der Waals surface area contributed by atoms with Crippen LogP contribution in [0.2, 0.25) is 0 Å². The van der Waals surface area contributed by atoms with Crippen LogP contribution >= 0.6 is 0 Å². The predicted octanol–water partition coefficient (Wildman–Crippen LogP) is 2.06. The van der Waals surface area contributed by atoms with Crippen molar-refractivity contribution in [2.24, 2.45) is 7.05 Å². The Morgan fingerprint density at radius 2 is 1.86 bits per heavy atom. The molecule has 0 aliphatic carbocycles. The Hall–Kier alpha value is -2.66. The third kappa shape index (κ3) is 2.46. The van der Waals surface area contributed by atoms with E-state index < -0.39 is 0 Å². The molecule has 0 radical (unpaired) electrons. The van der Waals surface area contributed by atoms with Gasteiger partial charge in [-0.05, 0) is 12.1 Å². The number of aromatic nitrogens is 2. The van der Waals surface area contributed by atoms with Crippen molar-refractivity contribution in [1.29, 1.82) is 0 Å². The van der Waals surface area contributed by atoms with Gasteiger partial charge in [0.25, 0.3) is 0 Å². The molecule has 112 valence electrons. The molecule has 1 aromatic carbocycles. The number of pyridine rings is 1. The van der Waals surface area contributed by atoms with Gasteiger partial charge in [0.05, 0.1) is 13.2 Å². The second-order valence-electron chi connectivity index (χ2n) is 5.28. The van der Waals surface area contributed by atoms with E-state index in [0.29, 0.717) is 5.56 Å². The minimum atomic E-state index is -0.371. The van der Waals surface area contributed by atoms with Crippen molar-refractivity contribution in [3.8, 4) is 11.3 Å². The normalized spacial score (nSPS) is 11.1. The van der Waals surface area contributed by atoms with Crippen molar-refractivity contribution in [3.05, 3.63) is 60.4 Å². The maximum atomic E-state index is 12.3. The number of carbonyl (C=O) groups excluding carboxylic acids is 1. The molecular weight excluding hydrogens is 278 g/mol. The highest BCUT2D eigenvalue weighted by molar-refractivity contribution is 5.95. The molecule has 3 rings (SSSR count). The van der Waals surface area contributed by atoms with Crippen molar-refractivity contribution in [3.63, 3.8) is 0 Å². The summed E-state index contributed by atoms with van der Waals surface area (Å²) in [4.78, 5) is 17.5.